The van der Waals surface area contributed by atoms with Crippen molar-refractivity contribution in [3.05, 3.63) is 57.9 Å². The zero-order chi connectivity index (χ0) is 18.4. The number of hydrogen-bond acceptors (Lipinski definition) is 4. The highest BCUT2D eigenvalue weighted by molar-refractivity contribution is 6.31. The van der Waals surface area contributed by atoms with E-state index in [0.29, 0.717) is 16.4 Å². The third kappa shape index (κ3) is 3.03. The summed E-state index contributed by atoms with van der Waals surface area (Å²) in [6, 6.07) is 6.43. The van der Waals surface area contributed by atoms with Gasteiger partial charge in [0.2, 0.25) is 5.82 Å². The maximum Gasteiger partial charge on any atom is 0.294 e. The first-order valence-corrected chi connectivity index (χ1v) is 8.76. The van der Waals surface area contributed by atoms with Gasteiger partial charge < -0.3 is 4.90 Å². The minimum absolute atomic E-state index is 0.0561. The lowest BCUT2D eigenvalue weighted by Crippen LogP contribution is -2.33. The van der Waals surface area contributed by atoms with E-state index in [1.165, 1.54) is 6.07 Å². The van der Waals surface area contributed by atoms with Crippen molar-refractivity contribution >= 4 is 23.3 Å². The largest absolute Gasteiger partial charge is 0.328 e. The molecule has 0 atom stereocenters. The molecule has 0 unspecified atom stereocenters. The summed E-state index contributed by atoms with van der Waals surface area (Å²) in [5, 5.41) is 4.60. The summed E-state index contributed by atoms with van der Waals surface area (Å²) >= 11 is 6.13. The number of carbonyl (C=O) groups is 1. The Morgan fingerprint density at radius 2 is 2.12 bits per heavy atom. The van der Waals surface area contributed by atoms with Crippen LogP contribution in [0.2, 0.25) is 5.02 Å². The van der Waals surface area contributed by atoms with E-state index in [2.05, 4.69) is 15.1 Å². The predicted octanol–water partition coefficient (Wildman–Crippen LogP) is 3.34. The first-order valence-electron chi connectivity index (χ1n) is 8.39. The van der Waals surface area contributed by atoms with E-state index in [1.54, 1.807) is 21.5 Å². The number of nitrogens with zero attached hydrogens (tertiary/aromatic N) is 5. The molecule has 4 rings (SSSR count). The van der Waals surface area contributed by atoms with E-state index in [0.717, 1.165) is 24.2 Å². The Bertz CT molecular complexity index is 994. The van der Waals surface area contributed by atoms with Crippen LogP contribution >= 0.6 is 11.6 Å². The van der Waals surface area contributed by atoms with Crippen molar-refractivity contribution in [2.24, 2.45) is 0 Å². The van der Waals surface area contributed by atoms with Gasteiger partial charge in [0.1, 0.15) is 5.82 Å². The maximum atomic E-state index is 14.2. The molecule has 2 heterocycles. The first kappa shape index (κ1) is 16.9. The van der Waals surface area contributed by atoms with Crippen LogP contribution in [0.1, 0.15) is 40.4 Å². The highest BCUT2D eigenvalue weighted by Gasteiger charge is 2.35. The van der Waals surface area contributed by atoms with Gasteiger partial charge in [-0.25, -0.2) is 13.9 Å². The van der Waals surface area contributed by atoms with Crippen LogP contribution in [0.25, 0.3) is 5.78 Å². The SMILES string of the molecule is Cc1cc(C)n2nc(C(=O)N(Cc3c(F)cccc3Cl)C3CC3)nc2n1. The van der Waals surface area contributed by atoms with Crippen molar-refractivity contribution in [3.8, 4) is 0 Å². The minimum atomic E-state index is -0.424. The van der Waals surface area contributed by atoms with Crippen molar-refractivity contribution in [2.45, 2.75) is 39.3 Å². The van der Waals surface area contributed by atoms with E-state index in [9.17, 15) is 9.18 Å². The van der Waals surface area contributed by atoms with Gasteiger partial charge in [-0.3, -0.25) is 4.79 Å². The van der Waals surface area contributed by atoms with Gasteiger partial charge in [-0.15, -0.1) is 5.10 Å². The van der Waals surface area contributed by atoms with E-state index in [1.807, 2.05) is 19.9 Å². The summed E-state index contributed by atoms with van der Waals surface area (Å²) in [7, 11) is 0. The molecule has 1 aromatic carbocycles. The van der Waals surface area contributed by atoms with Crippen LogP contribution in [0.4, 0.5) is 4.39 Å². The highest BCUT2D eigenvalue weighted by Crippen LogP contribution is 2.31. The summed E-state index contributed by atoms with van der Waals surface area (Å²) < 4.78 is 15.7. The molecule has 0 N–H and O–H groups in total. The molecule has 6 nitrogen and oxygen atoms in total. The first-order chi connectivity index (χ1) is 12.4. The molecule has 2 aromatic heterocycles. The Morgan fingerprint density at radius 1 is 1.35 bits per heavy atom. The molecule has 0 aliphatic heterocycles. The van der Waals surface area contributed by atoms with Crippen molar-refractivity contribution in [1.29, 1.82) is 0 Å². The molecule has 0 spiro atoms. The molecule has 3 aromatic rings. The molecule has 1 aliphatic rings. The second kappa shape index (κ2) is 6.32. The summed E-state index contributed by atoms with van der Waals surface area (Å²) in [6.07, 6.45) is 1.75. The number of rotatable bonds is 4. The van der Waals surface area contributed by atoms with Crippen LogP contribution in [0.15, 0.2) is 24.3 Å². The normalized spacial score (nSPS) is 14.0. The molecule has 0 bridgehead atoms. The van der Waals surface area contributed by atoms with Gasteiger partial charge in [-0.05, 0) is 44.9 Å². The van der Waals surface area contributed by atoms with Crippen molar-refractivity contribution in [1.82, 2.24) is 24.5 Å². The Labute approximate surface area is 154 Å². The zero-order valence-electron chi connectivity index (χ0n) is 14.4. The Balaban J connectivity index is 1.69. The van der Waals surface area contributed by atoms with Gasteiger partial charge in [0.05, 0.1) is 6.54 Å². The second-order valence-electron chi connectivity index (χ2n) is 6.55. The number of amides is 1. The molecular weight excluding hydrogens is 357 g/mol. The molecule has 0 saturated heterocycles. The number of halogens is 2. The number of hydrogen-bond donors (Lipinski definition) is 0. The third-order valence-corrected chi connectivity index (χ3v) is 4.80. The molecule has 1 fully saturated rings. The Kier molecular flexibility index (Phi) is 4.11. The summed E-state index contributed by atoms with van der Waals surface area (Å²) in [4.78, 5) is 23.2. The van der Waals surface area contributed by atoms with E-state index < -0.39 is 5.82 Å². The molecule has 1 aliphatic carbocycles. The smallest absolute Gasteiger partial charge is 0.294 e. The van der Waals surface area contributed by atoms with Crippen LogP contribution in [0.3, 0.4) is 0 Å². The molecule has 0 radical (unpaired) electrons. The maximum absolute atomic E-state index is 14.2. The van der Waals surface area contributed by atoms with Gasteiger partial charge in [-0.1, -0.05) is 17.7 Å². The lowest BCUT2D eigenvalue weighted by atomic mass is 10.2. The van der Waals surface area contributed by atoms with Gasteiger partial charge >= 0.3 is 0 Å². The van der Waals surface area contributed by atoms with Crippen molar-refractivity contribution in [3.63, 3.8) is 0 Å². The standard InChI is InChI=1S/C18H17ClFN5O/c1-10-8-11(2)25-18(21-10)22-16(23-25)17(26)24(12-6-7-12)9-13-14(19)4-3-5-15(13)20/h3-5,8,12H,6-7,9H2,1-2H3. The Morgan fingerprint density at radius 3 is 2.81 bits per heavy atom. The fourth-order valence-corrected chi connectivity index (χ4v) is 3.21. The monoisotopic (exact) mass is 373 g/mol. The topological polar surface area (TPSA) is 63.4 Å². The third-order valence-electron chi connectivity index (χ3n) is 4.45. The summed E-state index contributed by atoms with van der Waals surface area (Å²) in [6.45, 7) is 3.83. The second-order valence-corrected chi connectivity index (χ2v) is 6.96. The molecule has 1 saturated carbocycles. The van der Waals surface area contributed by atoms with Crippen LogP contribution < -0.4 is 0 Å². The lowest BCUT2D eigenvalue weighted by Gasteiger charge is -2.21. The fraction of sp³-hybridized carbons (Fsp3) is 0.333. The van der Waals surface area contributed by atoms with E-state index in [-0.39, 0.29) is 24.3 Å². The number of aromatic nitrogens is 4. The van der Waals surface area contributed by atoms with Crippen molar-refractivity contribution in [2.75, 3.05) is 0 Å². The van der Waals surface area contributed by atoms with Crippen molar-refractivity contribution < 1.29 is 9.18 Å². The molecule has 26 heavy (non-hydrogen) atoms. The molecular formula is C18H17ClFN5O. The minimum Gasteiger partial charge on any atom is -0.328 e. The molecule has 134 valence electrons. The van der Waals surface area contributed by atoms with Gasteiger partial charge in [0, 0.05) is 28.0 Å². The molecule has 8 heteroatoms. The van der Waals surface area contributed by atoms with Crippen LogP contribution in [0.5, 0.6) is 0 Å². The predicted molar refractivity (Wildman–Crippen MR) is 94.6 cm³/mol. The van der Waals surface area contributed by atoms with Gasteiger partial charge in [0.15, 0.2) is 0 Å². The average Bonchev–Trinajstić information content (AvgIpc) is 3.32. The quantitative estimate of drug-likeness (QED) is 0.703. The van der Waals surface area contributed by atoms with Crippen LogP contribution in [-0.4, -0.2) is 36.4 Å². The number of benzene rings is 1. The average molecular weight is 374 g/mol. The van der Waals surface area contributed by atoms with Crippen LogP contribution in [-0.2, 0) is 6.54 Å². The van der Waals surface area contributed by atoms with Gasteiger partial charge in [0.25, 0.3) is 11.7 Å². The number of aryl methyl sites for hydroxylation is 2. The van der Waals surface area contributed by atoms with Crippen LogP contribution in [0, 0.1) is 19.7 Å². The summed E-state index contributed by atoms with van der Waals surface area (Å²) in [5.41, 5.74) is 1.95. The summed E-state index contributed by atoms with van der Waals surface area (Å²) in [5.74, 6) is -0.322. The fourth-order valence-electron chi connectivity index (χ4n) is 2.99. The molecule has 1 amide bonds. The highest BCUT2D eigenvalue weighted by atomic mass is 35.5. The van der Waals surface area contributed by atoms with E-state index >= 15 is 0 Å². The number of fused-ring (bicyclic) bond motifs is 1. The zero-order valence-corrected chi connectivity index (χ0v) is 15.2. The van der Waals surface area contributed by atoms with Gasteiger partial charge in [-0.2, -0.15) is 4.98 Å². The van der Waals surface area contributed by atoms with E-state index in [4.69, 9.17) is 11.6 Å². The number of carbonyl (C=O) groups excluding carboxylic acids is 1. The Hall–Kier alpha value is -2.54. The lowest BCUT2D eigenvalue weighted by molar-refractivity contribution is 0.0716.